The monoisotopic (exact) mass is 193 g/mol. The van der Waals surface area contributed by atoms with Crippen molar-refractivity contribution in [2.45, 2.75) is 18.4 Å². The van der Waals surface area contributed by atoms with Gasteiger partial charge in [0.05, 0.1) is 6.42 Å². The van der Waals surface area contributed by atoms with E-state index in [4.69, 9.17) is 20.4 Å². The Morgan fingerprint density at radius 3 is 1.85 bits per heavy atom. The number of carbonyl (C=O) groups excluding carboxylic acids is 1. The van der Waals surface area contributed by atoms with Crippen LogP contribution in [0.4, 0.5) is 0 Å². The van der Waals surface area contributed by atoms with E-state index in [-0.39, 0.29) is 0 Å². The minimum absolute atomic E-state index is 1.03. The number of hydrogen-bond acceptors (Lipinski definition) is 4. The van der Waals surface area contributed by atoms with Gasteiger partial charge in [-0.25, -0.2) is 4.79 Å². The quantitative estimate of drug-likeness (QED) is 0.429. The Balaban J connectivity index is 4.62. The van der Waals surface area contributed by atoms with E-state index in [0.717, 1.165) is 0 Å². The molecule has 13 heavy (non-hydrogen) atoms. The van der Waals surface area contributed by atoms with Gasteiger partial charge in [-0.1, -0.05) is 0 Å². The average molecular weight is 193 g/mol. The fraction of sp³-hybridized carbons (Fsp3) is 0.500. The molecule has 1 unspecified atom stereocenters. The molecule has 0 aromatic rings. The van der Waals surface area contributed by atoms with Crippen molar-refractivity contribution in [1.29, 1.82) is 0 Å². The third-order valence-electron chi connectivity index (χ3n) is 1.29. The van der Waals surface area contributed by atoms with E-state index < -0.39 is 36.4 Å². The van der Waals surface area contributed by atoms with Crippen molar-refractivity contribution in [2.24, 2.45) is 0 Å². The molecule has 74 valence electrons. The van der Waals surface area contributed by atoms with Gasteiger partial charge in [-0.05, 0) is 0 Å². The smallest absolute Gasteiger partial charge is 0.519 e. The van der Waals surface area contributed by atoms with Crippen molar-refractivity contribution in [3.8, 4) is 0 Å². The highest BCUT2D eigenvalue weighted by Crippen LogP contribution is 2.15. The molecule has 0 aliphatic rings. The zero-order chi connectivity index (χ0) is 10.6. The summed E-state index contributed by atoms with van der Waals surface area (Å²) in [5, 5.41) is 32.1. The van der Waals surface area contributed by atoms with Crippen molar-refractivity contribution < 1.29 is 34.8 Å². The van der Waals surface area contributed by atoms with Crippen molar-refractivity contribution in [3.63, 3.8) is 0 Å². The van der Waals surface area contributed by atoms with Crippen LogP contribution < -0.4 is 0 Å². The first-order chi connectivity index (χ1) is 5.78. The summed E-state index contributed by atoms with van der Waals surface area (Å²) in [7, 11) is 0. The summed E-state index contributed by atoms with van der Waals surface area (Å²) in [5.41, 5.74) is -2.68. The molecule has 0 rings (SSSR count). The van der Waals surface area contributed by atoms with Crippen LogP contribution >= 0.6 is 0 Å². The standard InChI is InChI=1S/C6H8O7/c7-3(8)1-6(13,5(11)12)2-4(9)10/h13H,1-2H2,(H,7,8)(H,9,10)(H,11,12)/p+1. The topological polar surface area (TPSA) is 135 Å². The van der Waals surface area contributed by atoms with E-state index in [2.05, 4.69) is 0 Å². The highest BCUT2D eigenvalue weighted by Gasteiger charge is 2.43. The van der Waals surface area contributed by atoms with E-state index in [0.29, 0.717) is 0 Å². The van der Waals surface area contributed by atoms with E-state index in [1.807, 2.05) is 0 Å². The van der Waals surface area contributed by atoms with Gasteiger partial charge < -0.3 is 20.4 Å². The van der Waals surface area contributed by atoms with Gasteiger partial charge in [0.2, 0.25) is 0 Å². The van der Waals surface area contributed by atoms with Crippen LogP contribution in [0, 0.1) is 0 Å². The van der Waals surface area contributed by atoms with Crippen molar-refractivity contribution in [1.82, 2.24) is 0 Å². The maximum Gasteiger partial charge on any atom is 0.519 e. The highest BCUT2D eigenvalue weighted by molar-refractivity contribution is 5.88. The summed E-state index contributed by atoms with van der Waals surface area (Å²) in [6, 6.07) is 0. The zero-order valence-corrected chi connectivity index (χ0v) is 6.48. The van der Waals surface area contributed by atoms with Gasteiger partial charge in [0.25, 0.3) is 0 Å². The van der Waals surface area contributed by atoms with Crippen molar-refractivity contribution in [2.75, 3.05) is 0 Å². The first-order valence-corrected chi connectivity index (χ1v) is 3.20. The number of hydrogen-bond donors (Lipinski definition) is 3. The van der Waals surface area contributed by atoms with Crippen LogP contribution in [0.2, 0.25) is 0 Å². The third kappa shape index (κ3) is 3.52. The Bertz CT molecular complexity index is 227. The van der Waals surface area contributed by atoms with Gasteiger partial charge in [0, 0.05) is 4.79 Å². The van der Waals surface area contributed by atoms with E-state index >= 15 is 0 Å². The predicted octanol–water partition coefficient (Wildman–Crippen LogP) is -2.08. The summed E-state index contributed by atoms with van der Waals surface area (Å²) in [6.07, 6.45) is -2.14. The molecule has 0 heterocycles. The molecule has 0 aliphatic heterocycles. The van der Waals surface area contributed by atoms with Gasteiger partial charge in [-0.3, -0.25) is 4.79 Å². The molecule has 0 aromatic carbocycles. The lowest BCUT2D eigenvalue weighted by Gasteiger charge is -2.16. The molecular formula is C6H9O7+. The number of carboxylic acid groups (broad SMARTS) is 2. The van der Waals surface area contributed by atoms with Gasteiger partial charge in [0.1, 0.15) is 6.42 Å². The number of carboxylic acids is 2. The van der Waals surface area contributed by atoms with E-state index in [1.165, 1.54) is 0 Å². The normalized spacial score (nSPS) is 14.5. The molecule has 0 bridgehead atoms. The molecule has 7 nitrogen and oxygen atoms in total. The largest absolute Gasteiger partial charge is 0.565 e. The van der Waals surface area contributed by atoms with Crippen LogP contribution in [-0.4, -0.2) is 43.9 Å². The fourth-order valence-electron chi connectivity index (χ4n) is 0.730. The Morgan fingerprint density at radius 1 is 1.15 bits per heavy atom. The van der Waals surface area contributed by atoms with Gasteiger partial charge in [0.15, 0.2) is 5.60 Å². The minimum atomic E-state index is -2.68. The summed E-state index contributed by atoms with van der Waals surface area (Å²) in [6.45, 7) is 0. The molecule has 0 amide bonds. The van der Waals surface area contributed by atoms with Crippen molar-refractivity contribution in [3.05, 3.63) is 0 Å². The molecule has 0 spiro atoms. The molecule has 7 heteroatoms. The van der Waals surface area contributed by atoms with Crippen LogP contribution in [0.25, 0.3) is 0 Å². The maximum absolute atomic E-state index is 10.3. The molecule has 1 atom stereocenters. The second kappa shape index (κ2) is 3.85. The summed E-state index contributed by atoms with van der Waals surface area (Å²) in [4.78, 5) is 30.6. The van der Waals surface area contributed by atoms with Crippen LogP contribution in [0.3, 0.4) is 0 Å². The molecule has 0 fully saturated rings. The second-order valence-corrected chi connectivity index (χ2v) is 2.51. The lowest BCUT2D eigenvalue weighted by Crippen LogP contribution is -2.42. The molecule has 0 aliphatic carbocycles. The van der Waals surface area contributed by atoms with Crippen LogP contribution in [0.5, 0.6) is 0 Å². The lowest BCUT2D eigenvalue weighted by atomic mass is 9.96. The van der Waals surface area contributed by atoms with Crippen LogP contribution in [0.15, 0.2) is 0 Å². The maximum atomic E-state index is 10.3. The number of carbonyl (C=O) groups is 3. The first kappa shape index (κ1) is 11.4. The molecule has 0 radical (unpaired) electrons. The summed E-state index contributed by atoms with van der Waals surface area (Å²) >= 11 is 0. The fourth-order valence-corrected chi connectivity index (χ4v) is 0.730. The number of rotatable bonds is 5. The Kier molecular flexibility index (Phi) is 3.37. The second-order valence-electron chi connectivity index (χ2n) is 2.51. The molecule has 5 N–H and O–H groups in total. The summed E-state index contributed by atoms with van der Waals surface area (Å²) < 4.78 is 0. The lowest BCUT2D eigenvalue weighted by molar-refractivity contribution is -0.170. The van der Waals surface area contributed by atoms with Crippen LogP contribution in [0.1, 0.15) is 12.8 Å². The zero-order valence-electron chi connectivity index (χ0n) is 6.48. The highest BCUT2D eigenvalue weighted by atomic mass is 16.4. The minimum Gasteiger partial charge on any atom is -0.565 e. The number of aliphatic carboxylic acids is 2. The van der Waals surface area contributed by atoms with Crippen LogP contribution in [-0.2, 0) is 14.4 Å². The third-order valence-corrected chi connectivity index (χ3v) is 1.29. The van der Waals surface area contributed by atoms with Gasteiger partial charge >= 0.3 is 17.9 Å². The SMILES string of the molecule is O=C(O)CC(O)(CC(=O)[OH2+])C(=O)O. The molecule has 0 saturated carbocycles. The molecule has 0 aromatic heterocycles. The molecular weight excluding hydrogens is 184 g/mol. The van der Waals surface area contributed by atoms with E-state index in [9.17, 15) is 14.4 Å². The number of aliphatic hydroxyl groups is 1. The predicted molar refractivity (Wildman–Crippen MR) is 38.1 cm³/mol. The summed E-state index contributed by atoms with van der Waals surface area (Å²) in [5.74, 6) is -4.70. The van der Waals surface area contributed by atoms with Gasteiger partial charge in [-0.15, -0.1) is 0 Å². The Labute approximate surface area is 72.2 Å². The Hall–Kier alpha value is -1.63. The van der Waals surface area contributed by atoms with Gasteiger partial charge in [-0.2, -0.15) is 0 Å². The average Bonchev–Trinajstić information content (AvgIpc) is 1.82. The molecule has 0 saturated heterocycles. The Morgan fingerprint density at radius 2 is 1.62 bits per heavy atom. The van der Waals surface area contributed by atoms with Crippen molar-refractivity contribution >= 4 is 17.9 Å². The van der Waals surface area contributed by atoms with E-state index in [1.54, 1.807) is 0 Å². The first-order valence-electron chi connectivity index (χ1n) is 3.20.